The van der Waals surface area contributed by atoms with Gasteiger partial charge in [0.2, 0.25) is 5.91 Å². The van der Waals surface area contributed by atoms with E-state index in [0.717, 1.165) is 0 Å². The van der Waals surface area contributed by atoms with Crippen molar-refractivity contribution >= 4 is 46.4 Å². The van der Waals surface area contributed by atoms with Gasteiger partial charge < -0.3 is 10.6 Å². The molecular weight excluding hydrogens is 315 g/mol. The molecule has 2 rings (SSSR count). The van der Waals surface area contributed by atoms with E-state index in [4.69, 9.17) is 23.2 Å². The number of amides is 2. The Morgan fingerprint density at radius 2 is 1.90 bits per heavy atom. The summed E-state index contributed by atoms with van der Waals surface area (Å²) in [6, 6.07) is 4.71. The van der Waals surface area contributed by atoms with Crippen molar-refractivity contribution in [2.45, 2.75) is 6.92 Å². The number of halogens is 2. The van der Waals surface area contributed by atoms with E-state index in [1.807, 2.05) is 0 Å². The van der Waals surface area contributed by atoms with Crippen LogP contribution in [0.4, 0.5) is 11.4 Å². The van der Waals surface area contributed by atoms with Crippen LogP contribution in [0.3, 0.4) is 0 Å². The number of hydrogen-bond acceptors (Lipinski definition) is 4. The summed E-state index contributed by atoms with van der Waals surface area (Å²) in [5.41, 5.74) is 1.01. The standard InChI is InChI=1S/C13H10Cl2N4O2/c1-7(20)17-10-3-2-8(4-9(10)14)18-13(21)11-5-16-6-12(15)19-11/h2-6H,1H3,(H,17,20)(H,18,21). The smallest absolute Gasteiger partial charge is 0.275 e. The van der Waals surface area contributed by atoms with Crippen LogP contribution in [0.2, 0.25) is 10.2 Å². The van der Waals surface area contributed by atoms with Crippen molar-refractivity contribution in [2.75, 3.05) is 10.6 Å². The molecule has 1 aromatic carbocycles. The van der Waals surface area contributed by atoms with Crippen molar-refractivity contribution in [3.63, 3.8) is 0 Å². The topological polar surface area (TPSA) is 84.0 Å². The van der Waals surface area contributed by atoms with E-state index in [1.54, 1.807) is 12.1 Å². The van der Waals surface area contributed by atoms with Gasteiger partial charge in [0.05, 0.1) is 23.1 Å². The molecule has 2 aromatic rings. The van der Waals surface area contributed by atoms with E-state index >= 15 is 0 Å². The van der Waals surface area contributed by atoms with Gasteiger partial charge in [0.15, 0.2) is 0 Å². The summed E-state index contributed by atoms with van der Waals surface area (Å²) in [5.74, 6) is -0.698. The Morgan fingerprint density at radius 3 is 2.52 bits per heavy atom. The molecule has 0 spiro atoms. The maximum Gasteiger partial charge on any atom is 0.275 e. The number of aromatic nitrogens is 2. The molecule has 0 aliphatic heterocycles. The number of benzene rings is 1. The van der Waals surface area contributed by atoms with Crippen molar-refractivity contribution in [2.24, 2.45) is 0 Å². The third kappa shape index (κ3) is 4.14. The molecule has 0 aliphatic carbocycles. The quantitative estimate of drug-likeness (QED) is 0.908. The second kappa shape index (κ2) is 6.51. The summed E-state index contributed by atoms with van der Waals surface area (Å²) in [4.78, 5) is 30.6. The molecule has 6 nitrogen and oxygen atoms in total. The Bertz CT molecular complexity index is 706. The number of nitrogens with one attached hydrogen (secondary N) is 2. The number of nitrogens with zero attached hydrogens (tertiary/aromatic N) is 2. The summed E-state index contributed by atoms with van der Waals surface area (Å²) in [6.07, 6.45) is 2.63. The van der Waals surface area contributed by atoms with E-state index < -0.39 is 5.91 Å². The van der Waals surface area contributed by atoms with Gasteiger partial charge in [0.1, 0.15) is 10.8 Å². The zero-order chi connectivity index (χ0) is 15.4. The van der Waals surface area contributed by atoms with Crippen molar-refractivity contribution in [3.05, 3.63) is 46.5 Å². The highest BCUT2D eigenvalue weighted by Gasteiger charge is 2.10. The van der Waals surface area contributed by atoms with E-state index in [2.05, 4.69) is 20.6 Å². The lowest BCUT2D eigenvalue weighted by Gasteiger charge is -2.08. The Balaban J connectivity index is 2.15. The van der Waals surface area contributed by atoms with Crippen molar-refractivity contribution < 1.29 is 9.59 Å². The number of carbonyl (C=O) groups excluding carboxylic acids is 2. The minimum absolute atomic E-state index is 0.0876. The molecular formula is C13H10Cl2N4O2. The fourth-order valence-corrected chi connectivity index (χ4v) is 1.91. The van der Waals surface area contributed by atoms with E-state index in [1.165, 1.54) is 25.4 Å². The lowest BCUT2D eigenvalue weighted by Crippen LogP contribution is -2.14. The highest BCUT2D eigenvalue weighted by molar-refractivity contribution is 6.34. The third-order valence-electron chi connectivity index (χ3n) is 2.38. The SMILES string of the molecule is CC(=O)Nc1ccc(NC(=O)c2cncc(Cl)n2)cc1Cl. The molecule has 0 saturated heterocycles. The second-order valence-electron chi connectivity index (χ2n) is 4.06. The van der Waals surface area contributed by atoms with Crippen LogP contribution in [-0.4, -0.2) is 21.8 Å². The van der Waals surface area contributed by atoms with Crippen LogP contribution in [-0.2, 0) is 4.79 Å². The van der Waals surface area contributed by atoms with E-state index in [-0.39, 0.29) is 16.8 Å². The van der Waals surface area contributed by atoms with Crippen LogP contribution in [0.1, 0.15) is 17.4 Å². The van der Waals surface area contributed by atoms with Gasteiger partial charge in [0.25, 0.3) is 5.91 Å². The Kier molecular flexibility index (Phi) is 4.72. The van der Waals surface area contributed by atoms with Gasteiger partial charge in [-0.1, -0.05) is 23.2 Å². The first-order valence-corrected chi connectivity index (χ1v) is 6.57. The molecule has 0 atom stereocenters. The number of anilines is 2. The molecule has 0 bridgehead atoms. The molecule has 21 heavy (non-hydrogen) atoms. The summed E-state index contributed by atoms with van der Waals surface area (Å²) >= 11 is 11.7. The zero-order valence-electron chi connectivity index (χ0n) is 10.9. The van der Waals surface area contributed by atoms with Crippen LogP contribution in [0.15, 0.2) is 30.6 Å². The molecule has 0 saturated carbocycles. The molecule has 1 heterocycles. The maximum atomic E-state index is 12.0. The summed E-state index contributed by atoms with van der Waals surface area (Å²) in [6.45, 7) is 1.38. The molecule has 2 amide bonds. The zero-order valence-corrected chi connectivity index (χ0v) is 12.4. The molecule has 0 unspecified atom stereocenters. The molecule has 108 valence electrons. The molecule has 1 aromatic heterocycles. The maximum absolute atomic E-state index is 12.0. The van der Waals surface area contributed by atoms with Crippen LogP contribution in [0, 0.1) is 0 Å². The van der Waals surface area contributed by atoms with Gasteiger partial charge in [-0.05, 0) is 18.2 Å². The minimum atomic E-state index is -0.464. The van der Waals surface area contributed by atoms with Gasteiger partial charge in [-0.2, -0.15) is 0 Å². The molecule has 0 aliphatic rings. The van der Waals surface area contributed by atoms with Crippen LogP contribution >= 0.6 is 23.2 Å². The number of hydrogen-bond donors (Lipinski definition) is 2. The van der Waals surface area contributed by atoms with Crippen LogP contribution in [0.5, 0.6) is 0 Å². The monoisotopic (exact) mass is 324 g/mol. The average Bonchev–Trinajstić information content (AvgIpc) is 2.41. The summed E-state index contributed by atoms with van der Waals surface area (Å²) in [5, 5.41) is 5.61. The minimum Gasteiger partial charge on any atom is -0.325 e. The fraction of sp³-hybridized carbons (Fsp3) is 0.0769. The first kappa shape index (κ1) is 15.2. The van der Waals surface area contributed by atoms with Gasteiger partial charge in [0, 0.05) is 12.6 Å². The van der Waals surface area contributed by atoms with Gasteiger partial charge >= 0.3 is 0 Å². The van der Waals surface area contributed by atoms with Crippen molar-refractivity contribution in [1.82, 2.24) is 9.97 Å². The highest BCUT2D eigenvalue weighted by atomic mass is 35.5. The lowest BCUT2D eigenvalue weighted by molar-refractivity contribution is -0.114. The molecule has 0 radical (unpaired) electrons. The predicted molar refractivity (Wildman–Crippen MR) is 80.8 cm³/mol. The Labute approximate surface area is 130 Å². The molecule has 2 N–H and O–H groups in total. The predicted octanol–water partition coefficient (Wildman–Crippen LogP) is 2.99. The fourth-order valence-electron chi connectivity index (χ4n) is 1.53. The van der Waals surface area contributed by atoms with E-state index in [0.29, 0.717) is 16.4 Å². The highest BCUT2D eigenvalue weighted by Crippen LogP contribution is 2.25. The molecule has 8 heteroatoms. The van der Waals surface area contributed by atoms with E-state index in [9.17, 15) is 9.59 Å². The van der Waals surface area contributed by atoms with Crippen LogP contribution in [0.25, 0.3) is 0 Å². The largest absolute Gasteiger partial charge is 0.325 e. The lowest BCUT2D eigenvalue weighted by atomic mass is 10.2. The van der Waals surface area contributed by atoms with Gasteiger partial charge in [-0.15, -0.1) is 0 Å². The second-order valence-corrected chi connectivity index (χ2v) is 4.85. The number of rotatable bonds is 3. The Hall–Kier alpha value is -2.18. The van der Waals surface area contributed by atoms with Crippen molar-refractivity contribution in [3.8, 4) is 0 Å². The Morgan fingerprint density at radius 1 is 1.14 bits per heavy atom. The van der Waals surface area contributed by atoms with Gasteiger partial charge in [-0.3, -0.25) is 14.6 Å². The van der Waals surface area contributed by atoms with Crippen LogP contribution < -0.4 is 10.6 Å². The first-order valence-electron chi connectivity index (χ1n) is 5.82. The summed E-state index contributed by atoms with van der Waals surface area (Å²) < 4.78 is 0. The number of carbonyl (C=O) groups is 2. The third-order valence-corrected chi connectivity index (χ3v) is 2.87. The van der Waals surface area contributed by atoms with Crippen molar-refractivity contribution in [1.29, 1.82) is 0 Å². The first-order chi connectivity index (χ1) is 9.95. The normalized spacial score (nSPS) is 10.0. The van der Waals surface area contributed by atoms with Gasteiger partial charge in [-0.25, -0.2) is 4.98 Å². The summed E-state index contributed by atoms with van der Waals surface area (Å²) in [7, 11) is 0. The average molecular weight is 325 g/mol. The molecule has 0 fully saturated rings.